The van der Waals surface area contributed by atoms with Gasteiger partial charge in [-0.3, -0.25) is 5.26 Å². The number of carbonyl (C=O) groups is 1. The van der Waals surface area contributed by atoms with Crippen LogP contribution in [0, 0.1) is 17.9 Å². The third kappa shape index (κ3) is 4.01. The molecular weight excluding hydrogens is 341 g/mol. The molecule has 0 fully saturated rings. The molecule has 0 aliphatic heterocycles. The van der Waals surface area contributed by atoms with Crippen LogP contribution in [0.3, 0.4) is 0 Å². The van der Waals surface area contributed by atoms with Crippen molar-refractivity contribution in [1.82, 2.24) is 4.98 Å². The normalized spacial score (nSPS) is 9.10. The molecule has 0 atom stereocenters. The molecule has 1 heterocycles. The molecule has 0 bridgehead atoms. The van der Waals surface area contributed by atoms with E-state index in [1.165, 1.54) is 16.8 Å². The largest absolute Gasteiger partial charge is 0.657 e. The standard InChI is InChI=1S/C12H8N.C4H2NO2.Y/c1-3-7-11-9(5-1)10-6-2-4-8-12(10)13-11;1-3(2-5)4(6)7;/h1-8H;1H,(H,6,7);/q2*-1;. The van der Waals surface area contributed by atoms with Crippen LogP contribution in [0.25, 0.3) is 21.8 Å². The quantitative estimate of drug-likeness (QED) is 0.416. The van der Waals surface area contributed by atoms with Gasteiger partial charge in [0.1, 0.15) is 0 Å². The van der Waals surface area contributed by atoms with E-state index in [9.17, 15) is 4.79 Å². The Balaban J connectivity index is 0.000000242. The maximum absolute atomic E-state index is 9.55. The van der Waals surface area contributed by atoms with Gasteiger partial charge in [-0.2, -0.15) is 0 Å². The molecule has 4 nitrogen and oxygen atoms in total. The summed E-state index contributed by atoms with van der Waals surface area (Å²) in [5, 5.41) is 18.0. The molecule has 3 rings (SSSR count). The van der Waals surface area contributed by atoms with Crippen molar-refractivity contribution in [3.05, 3.63) is 60.7 Å². The van der Waals surface area contributed by atoms with Gasteiger partial charge in [-0.1, -0.05) is 60.2 Å². The number of para-hydroxylation sites is 2. The van der Waals surface area contributed by atoms with Gasteiger partial charge in [0, 0.05) is 32.7 Å². The molecule has 1 radical (unpaired) electrons. The molecular formula is C16H10N2O2Y-2. The Labute approximate surface area is 147 Å². The van der Waals surface area contributed by atoms with Crippen LogP contribution in [0.4, 0.5) is 0 Å². The topological polar surface area (TPSA) is 75.2 Å². The van der Waals surface area contributed by atoms with E-state index in [-0.39, 0.29) is 32.7 Å². The Bertz CT molecular complexity index is 781. The van der Waals surface area contributed by atoms with Crippen molar-refractivity contribution in [3.63, 3.8) is 0 Å². The Morgan fingerprint density at radius 1 is 1.05 bits per heavy atom. The van der Waals surface area contributed by atoms with E-state index >= 15 is 0 Å². The number of carboxylic acid groups (broad SMARTS) is 1. The van der Waals surface area contributed by atoms with Gasteiger partial charge in [0.25, 0.3) is 0 Å². The SMILES string of the molecule is [CH-]=C(C#N)C(=O)O.[Y].c1ccc2c(c1)[n-]c1ccccc12. The van der Waals surface area contributed by atoms with Crippen molar-refractivity contribution in [2.75, 3.05) is 0 Å². The van der Waals surface area contributed by atoms with Crippen LogP contribution in [0.15, 0.2) is 54.1 Å². The van der Waals surface area contributed by atoms with Gasteiger partial charge in [-0.05, 0) is 10.8 Å². The number of aromatic nitrogens is 1. The molecule has 0 saturated heterocycles. The molecule has 5 heteroatoms. The first-order valence-corrected chi connectivity index (χ1v) is 5.79. The molecule has 0 saturated carbocycles. The summed E-state index contributed by atoms with van der Waals surface area (Å²) in [5.41, 5.74) is 1.49. The second-order valence-electron chi connectivity index (χ2n) is 3.98. The molecule has 0 amide bonds. The van der Waals surface area contributed by atoms with Gasteiger partial charge < -0.3 is 14.9 Å². The Morgan fingerprint density at radius 3 is 1.81 bits per heavy atom. The van der Waals surface area contributed by atoms with Crippen LogP contribution >= 0.6 is 0 Å². The average molecular weight is 351 g/mol. The fraction of sp³-hybridized carbons (Fsp3) is 0. The van der Waals surface area contributed by atoms with Crippen molar-refractivity contribution in [1.29, 1.82) is 5.26 Å². The minimum atomic E-state index is -1.37. The van der Waals surface area contributed by atoms with Crippen molar-refractivity contribution in [3.8, 4) is 6.07 Å². The number of aliphatic carboxylic acids is 1. The molecule has 1 aromatic heterocycles. The van der Waals surface area contributed by atoms with Crippen molar-refractivity contribution >= 4 is 27.8 Å². The van der Waals surface area contributed by atoms with Crippen LogP contribution in [0.5, 0.6) is 0 Å². The number of carboxylic acids is 1. The number of fused-ring (bicyclic) bond motifs is 3. The molecule has 0 spiro atoms. The minimum absolute atomic E-state index is 0. The monoisotopic (exact) mass is 351 g/mol. The number of hydrogen-bond acceptors (Lipinski definition) is 2. The molecule has 0 unspecified atom stereocenters. The van der Waals surface area contributed by atoms with Crippen LogP contribution in [0.1, 0.15) is 0 Å². The van der Waals surface area contributed by atoms with Crippen molar-refractivity contribution < 1.29 is 42.6 Å². The maximum atomic E-state index is 9.55. The zero-order chi connectivity index (χ0) is 14.5. The van der Waals surface area contributed by atoms with Crippen LogP contribution in [0.2, 0.25) is 0 Å². The zero-order valence-electron chi connectivity index (χ0n) is 11.0. The third-order valence-electron chi connectivity index (χ3n) is 2.69. The van der Waals surface area contributed by atoms with Gasteiger partial charge in [0.2, 0.25) is 5.97 Å². The smallest absolute Gasteiger partial charge is 0.225 e. The zero-order valence-corrected chi connectivity index (χ0v) is 13.9. The van der Waals surface area contributed by atoms with Crippen molar-refractivity contribution in [2.45, 2.75) is 0 Å². The molecule has 101 valence electrons. The summed E-state index contributed by atoms with van der Waals surface area (Å²) in [5.74, 6) is -1.37. The van der Waals surface area contributed by atoms with Crippen LogP contribution in [-0.2, 0) is 37.5 Å². The molecule has 2 aromatic carbocycles. The summed E-state index contributed by atoms with van der Waals surface area (Å²) in [6, 6.07) is 17.7. The van der Waals surface area contributed by atoms with Gasteiger partial charge in [0.15, 0.2) is 0 Å². The van der Waals surface area contributed by atoms with E-state index in [4.69, 9.17) is 10.4 Å². The van der Waals surface area contributed by atoms with Gasteiger partial charge >= 0.3 is 0 Å². The number of nitriles is 1. The van der Waals surface area contributed by atoms with Gasteiger partial charge in [-0.25, -0.2) is 6.58 Å². The Kier molecular flexibility index (Phi) is 6.29. The summed E-state index contributed by atoms with van der Waals surface area (Å²) < 4.78 is 0. The van der Waals surface area contributed by atoms with E-state index in [1.54, 1.807) is 0 Å². The summed E-state index contributed by atoms with van der Waals surface area (Å²) in [6.45, 7) is 4.57. The average Bonchev–Trinajstić information content (AvgIpc) is 2.85. The van der Waals surface area contributed by atoms with Crippen LogP contribution in [-0.4, -0.2) is 11.1 Å². The summed E-state index contributed by atoms with van der Waals surface area (Å²) in [6.07, 6.45) is 0. The van der Waals surface area contributed by atoms with E-state index in [0.717, 1.165) is 11.0 Å². The van der Waals surface area contributed by atoms with Gasteiger partial charge in [-0.15, -0.1) is 11.0 Å². The molecule has 0 aliphatic carbocycles. The molecule has 1 N–H and O–H groups in total. The summed E-state index contributed by atoms with van der Waals surface area (Å²) >= 11 is 0. The maximum Gasteiger partial charge on any atom is 0.225 e. The summed E-state index contributed by atoms with van der Waals surface area (Å²) in [7, 11) is 0. The minimum Gasteiger partial charge on any atom is -0.657 e. The number of nitrogens with zero attached hydrogens (tertiary/aromatic N) is 2. The first kappa shape index (κ1) is 17.1. The predicted octanol–water partition coefficient (Wildman–Crippen LogP) is 2.90. The number of hydrogen-bond donors (Lipinski definition) is 1. The fourth-order valence-corrected chi connectivity index (χ4v) is 1.78. The first-order chi connectivity index (χ1) is 9.63. The second kappa shape index (κ2) is 7.73. The second-order valence-corrected chi connectivity index (χ2v) is 3.98. The molecule has 0 aliphatic rings. The third-order valence-corrected chi connectivity index (χ3v) is 2.69. The fourth-order valence-electron chi connectivity index (χ4n) is 1.78. The van der Waals surface area contributed by atoms with E-state index < -0.39 is 11.5 Å². The van der Waals surface area contributed by atoms with Crippen molar-refractivity contribution in [2.24, 2.45) is 0 Å². The predicted molar refractivity (Wildman–Crippen MR) is 75.8 cm³/mol. The van der Waals surface area contributed by atoms with Crippen LogP contribution < -0.4 is 4.98 Å². The van der Waals surface area contributed by atoms with E-state index in [2.05, 4.69) is 48.0 Å². The molecule has 21 heavy (non-hydrogen) atoms. The number of rotatable bonds is 1. The number of benzene rings is 2. The Morgan fingerprint density at radius 2 is 1.48 bits per heavy atom. The molecule has 3 aromatic rings. The Hall–Kier alpha value is -1.96. The first-order valence-electron chi connectivity index (χ1n) is 5.79. The van der Waals surface area contributed by atoms with E-state index in [0.29, 0.717) is 0 Å². The summed E-state index contributed by atoms with van der Waals surface area (Å²) in [4.78, 5) is 14.1. The van der Waals surface area contributed by atoms with Gasteiger partial charge in [0.05, 0.1) is 0 Å². The van der Waals surface area contributed by atoms with E-state index in [1.807, 2.05) is 12.1 Å².